The van der Waals surface area contributed by atoms with Gasteiger partial charge in [-0.1, -0.05) is 18.0 Å². The number of likely N-dealkylation sites (tertiary alicyclic amines) is 1. The summed E-state index contributed by atoms with van der Waals surface area (Å²) in [5, 5.41) is 21.1. The third kappa shape index (κ3) is 4.88. The molecule has 0 spiro atoms. The zero-order valence-corrected chi connectivity index (χ0v) is 13.0. The minimum Gasteiger partial charge on any atom is -0.427 e. The lowest BCUT2D eigenvalue weighted by molar-refractivity contribution is 0.220. The van der Waals surface area contributed by atoms with E-state index in [2.05, 4.69) is 5.32 Å². The topological polar surface area (TPSA) is 98.8 Å². The summed E-state index contributed by atoms with van der Waals surface area (Å²) in [6, 6.07) is 6.67. The van der Waals surface area contributed by atoms with Gasteiger partial charge < -0.3 is 26.0 Å². The Morgan fingerprint density at radius 1 is 1.36 bits per heavy atom. The summed E-state index contributed by atoms with van der Waals surface area (Å²) >= 11 is 5.81. The zero-order valence-electron chi connectivity index (χ0n) is 12.3. The molecule has 1 aliphatic heterocycles. The van der Waals surface area contributed by atoms with Gasteiger partial charge in [0, 0.05) is 29.8 Å². The molecular weight excluding hydrogens is 304 g/mol. The first-order valence-electron chi connectivity index (χ1n) is 7.39. The lowest BCUT2D eigenvalue weighted by Gasteiger charge is -2.17. The number of hydrogen-bond acceptors (Lipinski definition) is 4. The number of amides is 2. The molecule has 2 atom stereocenters. The number of nitrogens with zero attached hydrogens (tertiary/aromatic N) is 1. The summed E-state index contributed by atoms with van der Waals surface area (Å²) in [4.78, 5) is 13.9. The van der Waals surface area contributed by atoms with Crippen molar-refractivity contribution in [3.05, 3.63) is 29.3 Å². The minimum absolute atomic E-state index is 0.0770. The molecule has 0 saturated carbocycles. The smallest absolute Gasteiger partial charge is 0.427 e. The highest BCUT2D eigenvalue weighted by molar-refractivity contribution is 6.40. The van der Waals surface area contributed by atoms with Gasteiger partial charge in [-0.05, 0) is 42.9 Å². The Kier molecular flexibility index (Phi) is 6.08. The number of rotatable bonds is 5. The Bertz CT molecular complexity index is 501. The summed E-state index contributed by atoms with van der Waals surface area (Å²) in [5.74, 6) is 0.190. The van der Waals surface area contributed by atoms with Crippen LogP contribution in [-0.2, 0) is 0 Å². The summed E-state index contributed by atoms with van der Waals surface area (Å²) in [7, 11) is -1.28. The number of nitrogens with two attached hydrogens (primary N) is 1. The van der Waals surface area contributed by atoms with Crippen molar-refractivity contribution >= 4 is 30.4 Å². The summed E-state index contributed by atoms with van der Waals surface area (Å²) in [6.45, 7) is 1.09. The molecule has 1 fully saturated rings. The second-order valence-electron chi connectivity index (χ2n) is 5.68. The minimum atomic E-state index is -1.28. The molecule has 0 unspecified atom stereocenters. The fourth-order valence-electron chi connectivity index (χ4n) is 2.67. The number of benzene rings is 1. The molecule has 1 heterocycles. The fraction of sp³-hybridized carbons (Fsp3) is 0.500. The first-order chi connectivity index (χ1) is 10.5. The van der Waals surface area contributed by atoms with E-state index in [0.717, 1.165) is 6.42 Å². The molecular formula is C14H21BClN3O3. The molecule has 2 amide bonds. The molecule has 1 aliphatic rings. The largest absolute Gasteiger partial charge is 0.451 e. The Balaban J connectivity index is 1.82. The van der Waals surface area contributed by atoms with Crippen molar-refractivity contribution < 1.29 is 14.8 Å². The molecule has 0 aliphatic carbocycles. The van der Waals surface area contributed by atoms with Crippen LogP contribution in [0.1, 0.15) is 12.8 Å². The third-order valence-electron chi connectivity index (χ3n) is 3.91. The van der Waals surface area contributed by atoms with Crippen LogP contribution in [0.5, 0.6) is 0 Å². The van der Waals surface area contributed by atoms with Gasteiger partial charge in [-0.15, -0.1) is 0 Å². The summed E-state index contributed by atoms with van der Waals surface area (Å²) < 4.78 is 0. The van der Waals surface area contributed by atoms with Crippen LogP contribution in [0.25, 0.3) is 0 Å². The van der Waals surface area contributed by atoms with Gasteiger partial charge in [0.15, 0.2) is 0 Å². The standard InChI is InChI=1S/C14H21BClN3O3/c16-11-3-5-12(6-4-11)18-14(20)19-8-10(13(17)9-19)2-1-7-15(21)22/h3-6,10,13,21-22H,1-2,7-9,17H2,(H,18,20)/t10-,13-/m0/s1. The highest BCUT2D eigenvalue weighted by Gasteiger charge is 2.32. The molecule has 1 aromatic carbocycles. The number of carbonyl (C=O) groups excluding carboxylic acids is 1. The first-order valence-corrected chi connectivity index (χ1v) is 7.76. The van der Waals surface area contributed by atoms with Crippen LogP contribution in [0.3, 0.4) is 0 Å². The van der Waals surface area contributed by atoms with Crippen molar-refractivity contribution in [1.29, 1.82) is 0 Å². The summed E-state index contributed by atoms with van der Waals surface area (Å²) in [5.41, 5.74) is 6.76. The van der Waals surface area contributed by atoms with Crippen LogP contribution >= 0.6 is 11.6 Å². The maximum Gasteiger partial charge on any atom is 0.451 e. The number of hydrogen-bond donors (Lipinski definition) is 4. The Labute approximate surface area is 135 Å². The van der Waals surface area contributed by atoms with E-state index in [1.807, 2.05) is 0 Å². The molecule has 120 valence electrons. The van der Waals surface area contributed by atoms with E-state index in [0.29, 0.717) is 36.5 Å². The highest BCUT2D eigenvalue weighted by atomic mass is 35.5. The van der Waals surface area contributed by atoms with Crippen molar-refractivity contribution in [1.82, 2.24) is 4.90 Å². The zero-order chi connectivity index (χ0) is 16.1. The second-order valence-corrected chi connectivity index (χ2v) is 6.11. The molecule has 1 saturated heterocycles. The molecule has 6 nitrogen and oxygen atoms in total. The Hall–Kier alpha value is -1.28. The van der Waals surface area contributed by atoms with Crippen molar-refractivity contribution in [2.24, 2.45) is 11.7 Å². The van der Waals surface area contributed by atoms with Crippen LogP contribution in [0.4, 0.5) is 10.5 Å². The van der Waals surface area contributed by atoms with Gasteiger partial charge in [0.05, 0.1) is 0 Å². The van der Waals surface area contributed by atoms with E-state index in [-0.39, 0.29) is 18.0 Å². The van der Waals surface area contributed by atoms with Crippen molar-refractivity contribution in [2.45, 2.75) is 25.2 Å². The molecule has 0 bridgehead atoms. The SMILES string of the molecule is N[C@H]1CN(C(=O)Nc2ccc(Cl)cc2)C[C@@H]1CCCB(O)O. The van der Waals surface area contributed by atoms with E-state index >= 15 is 0 Å². The number of halogens is 1. The lowest BCUT2D eigenvalue weighted by Crippen LogP contribution is -2.35. The number of carbonyl (C=O) groups is 1. The third-order valence-corrected chi connectivity index (χ3v) is 4.16. The van der Waals surface area contributed by atoms with E-state index in [1.165, 1.54) is 0 Å². The van der Waals surface area contributed by atoms with Crippen molar-refractivity contribution in [3.8, 4) is 0 Å². The van der Waals surface area contributed by atoms with Gasteiger partial charge in [-0.2, -0.15) is 0 Å². The van der Waals surface area contributed by atoms with Crippen LogP contribution in [0, 0.1) is 5.92 Å². The predicted octanol–water partition coefficient (Wildman–Crippen LogP) is 1.38. The van der Waals surface area contributed by atoms with Gasteiger partial charge in [-0.3, -0.25) is 0 Å². The quantitative estimate of drug-likeness (QED) is 0.615. The maximum atomic E-state index is 12.2. The van der Waals surface area contributed by atoms with Gasteiger partial charge >= 0.3 is 13.1 Å². The number of urea groups is 1. The second kappa shape index (κ2) is 7.83. The van der Waals surface area contributed by atoms with E-state index in [9.17, 15) is 4.79 Å². The lowest BCUT2D eigenvalue weighted by atomic mass is 9.82. The maximum absolute atomic E-state index is 12.2. The fourth-order valence-corrected chi connectivity index (χ4v) is 2.79. The van der Waals surface area contributed by atoms with Crippen LogP contribution < -0.4 is 11.1 Å². The normalized spacial score (nSPS) is 21.0. The van der Waals surface area contributed by atoms with Gasteiger partial charge in [0.1, 0.15) is 0 Å². The molecule has 22 heavy (non-hydrogen) atoms. The van der Waals surface area contributed by atoms with Crippen LogP contribution in [-0.4, -0.2) is 47.2 Å². The predicted molar refractivity (Wildman–Crippen MR) is 87.7 cm³/mol. The van der Waals surface area contributed by atoms with Crippen molar-refractivity contribution in [3.63, 3.8) is 0 Å². The Morgan fingerprint density at radius 2 is 2.05 bits per heavy atom. The van der Waals surface area contributed by atoms with E-state index in [1.54, 1.807) is 29.2 Å². The summed E-state index contributed by atoms with van der Waals surface area (Å²) in [6.07, 6.45) is 1.80. The number of nitrogens with one attached hydrogen (secondary N) is 1. The average Bonchev–Trinajstić information content (AvgIpc) is 2.83. The molecule has 2 rings (SSSR count). The van der Waals surface area contributed by atoms with Gasteiger partial charge in [0.25, 0.3) is 0 Å². The van der Waals surface area contributed by atoms with Gasteiger partial charge in [0.2, 0.25) is 0 Å². The van der Waals surface area contributed by atoms with Crippen molar-refractivity contribution in [2.75, 3.05) is 18.4 Å². The van der Waals surface area contributed by atoms with E-state index in [4.69, 9.17) is 27.4 Å². The van der Waals surface area contributed by atoms with Gasteiger partial charge in [-0.25, -0.2) is 4.79 Å². The molecule has 8 heteroatoms. The average molecular weight is 326 g/mol. The van der Waals surface area contributed by atoms with E-state index < -0.39 is 7.12 Å². The first kappa shape index (κ1) is 17.1. The molecule has 0 aromatic heterocycles. The Morgan fingerprint density at radius 3 is 2.68 bits per heavy atom. The number of anilines is 1. The van der Waals surface area contributed by atoms with Crippen LogP contribution in [0.2, 0.25) is 11.3 Å². The highest BCUT2D eigenvalue weighted by Crippen LogP contribution is 2.22. The van der Waals surface area contributed by atoms with Crippen LogP contribution in [0.15, 0.2) is 24.3 Å². The monoisotopic (exact) mass is 325 g/mol. The molecule has 5 N–H and O–H groups in total. The molecule has 0 radical (unpaired) electrons. The molecule has 1 aromatic rings.